The van der Waals surface area contributed by atoms with E-state index < -0.39 is 9.84 Å². The van der Waals surface area contributed by atoms with E-state index >= 15 is 0 Å². The van der Waals surface area contributed by atoms with E-state index in [-0.39, 0.29) is 24.1 Å². The van der Waals surface area contributed by atoms with Gasteiger partial charge in [-0.2, -0.15) is 0 Å². The minimum atomic E-state index is -3.19. The Balaban J connectivity index is 2.01. The highest BCUT2D eigenvalue weighted by molar-refractivity contribution is 7.89. The largest absolute Gasteiger partial charge is 0.332 e. The van der Waals surface area contributed by atoms with E-state index in [9.17, 15) is 18.0 Å². The lowest BCUT2D eigenvalue weighted by Gasteiger charge is -2.17. The second-order valence-corrected chi connectivity index (χ2v) is 8.56. The van der Waals surface area contributed by atoms with Gasteiger partial charge >= 0.3 is 0 Å². The molecule has 26 heavy (non-hydrogen) atoms. The van der Waals surface area contributed by atoms with Gasteiger partial charge in [0.1, 0.15) is 0 Å². The Bertz CT molecular complexity index is 911. The van der Waals surface area contributed by atoms with Gasteiger partial charge < -0.3 is 10.2 Å². The quantitative estimate of drug-likeness (QED) is 0.816. The fraction of sp³-hybridized carbons (Fsp3) is 0.222. The third-order valence-electron chi connectivity index (χ3n) is 3.46. The molecular formula is C18H19ClN2O4S. The van der Waals surface area contributed by atoms with Crippen molar-refractivity contribution >= 4 is 38.9 Å². The summed E-state index contributed by atoms with van der Waals surface area (Å²) in [5.74, 6) is -0.864. The van der Waals surface area contributed by atoms with Gasteiger partial charge in [-0.25, -0.2) is 8.42 Å². The molecule has 0 bridgehead atoms. The zero-order valence-corrected chi connectivity index (χ0v) is 16.0. The first-order valence-electron chi connectivity index (χ1n) is 7.71. The third-order valence-corrected chi connectivity index (χ3v) is 4.57. The molecule has 8 heteroatoms. The molecule has 0 fully saturated rings. The number of carbonyl (C=O) groups excluding carboxylic acids is 2. The molecule has 0 aliphatic carbocycles. The fourth-order valence-corrected chi connectivity index (χ4v) is 3.25. The second-order valence-electron chi connectivity index (χ2n) is 5.99. The molecule has 0 saturated heterocycles. The average molecular weight is 395 g/mol. The van der Waals surface area contributed by atoms with E-state index in [4.69, 9.17) is 11.6 Å². The first-order chi connectivity index (χ1) is 12.1. The molecule has 0 saturated carbocycles. The summed E-state index contributed by atoms with van der Waals surface area (Å²) in [6, 6.07) is 13.0. The van der Waals surface area contributed by atoms with Gasteiger partial charge in [0.25, 0.3) is 5.91 Å². The summed E-state index contributed by atoms with van der Waals surface area (Å²) >= 11 is 5.79. The average Bonchev–Trinajstić information content (AvgIpc) is 2.55. The molecule has 0 radical (unpaired) electrons. The molecule has 0 spiro atoms. The van der Waals surface area contributed by atoms with Crippen molar-refractivity contribution in [3.63, 3.8) is 0 Å². The Labute approximate surface area is 157 Å². The molecule has 0 heterocycles. The molecule has 0 atom stereocenters. The highest BCUT2D eigenvalue weighted by Crippen LogP contribution is 2.14. The van der Waals surface area contributed by atoms with Gasteiger partial charge in [-0.1, -0.05) is 23.7 Å². The predicted molar refractivity (Wildman–Crippen MR) is 102 cm³/mol. The van der Waals surface area contributed by atoms with Gasteiger partial charge in [0.15, 0.2) is 9.84 Å². The Morgan fingerprint density at radius 2 is 1.77 bits per heavy atom. The summed E-state index contributed by atoms with van der Waals surface area (Å²) in [5.41, 5.74) is 1.43. The number of anilines is 1. The Kier molecular flexibility index (Phi) is 6.39. The maximum atomic E-state index is 12.5. The van der Waals surface area contributed by atoms with Crippen LogP contribution >= 0.6 is 11.6 Å². The second kappa shape index (κ2) is 8.33. The number of nitrogens with one attached hydrogen (secondary N) is 1. The van der Waals surface area contributed by atoms with Crippen LogP contribution < -0.4 is 5.32 Å². The SMILES string of the molecule is CN(CC(=O)Nc1ccc(Cl)cc1)C(=O)c1cccc(CS(C)(=O)=O)c1. The van der Waals surface area contributed by atoms with E-state index in [0.717, 1.165) is 6.26 Å². The molecule has 2 amide bonds. The molecule has 0 unspecified atom stereocenters. The summed E-state index contributed by atoms with van der Waals surface area (Å²) in [7, 11) is -1.69. The van der Waals surface area contributed by atoms with E-state index in [1.165, 1.54) is 18.0 Å². The number of carbonyl (C=O) groups is 2. The van der Waals surface area contributed by atoms with Crippen molar-refractivity contribution in [2.45, 2.75) is 5.75 Å². The molecular weight excluding hydrogens is 376 g/mol. The van der Waals surface area contributed by atoms with Crippen LogP contribution in [-0.4, -0.2) is 45.0 Å². The van der Waals surface area contributed by atoms with Crippen LogP contribution in [0.2, 0.25) is 5.02 Å². The smallest absolute Gasteiger partial charge is 0.254 e. The number of amides is 2. The van der Waals surface area contributed by atoms with Gasteiger partial charge in [0, 0.05) is 29.6 Å². The number of hydrogen-bond acceptors (Lipinski definition) is 4. The van der Waals surface area contributed by atoms with Gasteiger partial charge in [-0.05, 0) is 42.0 Å². The lowest BCUT2D eigenvalue weighted by atomic mass is 10.1. The Morgan fingerprint density at radius 1 is 1.12 bits per heavy atom. The predicted octanol–water partition coefficient (Wildman–Crippen LogP) is 2.60. The highest BCUT2D eigenvalue weighted by atomic mass is 35.5. The number of sulfone groups is 1. The van der Waals surface area contributed by atoms with Crippen molar-refractivity contribution in [3.8, 4) is 0 Å². The van der Waals surface area contributed by atoms with Crippen LogP contribution in [0, 0.1) is 0 Å². The Hall–Kier alpha value is -2.38. The molecule has 0 aliphatic heterocycles. The lowest BCUT2D eigenvalue weighted by molar-refractivity contribution is -0.116. The van der Waals surface area contributed by atoms with Crippen molar-refractivity contribution in [2.75, 3.05) is 25.2 Å². The van der Waals surface area contributed by atoms with E-state index in [1.807, 2.05) is 0 Å². The molecule has 2 aromatic carbocycles. The molecule has 1 N–H and O–H groups in total. The minimum Gasteiger partial charge on any atom is -0.332 e. The number of nitrogens with zero attached hydrogens (tertiary/aromatic N) is 1. The monoisotopic (exact) mass is 394 g/mol. The molecule has 0 aromatic heterocycles. The third kappa shape index (κ3) is 6.16. The molecule has 6 nitrogen and oxygen atoms in total. The van der Waals surface area contributed by atoms with E-state index in [2.05, 4.69) is 5.32 Å². The van der Waals surface area contributed by atoms with Crippen LogP contribution in [0.25, 0.3) is 0 Å². The number of benzene rings is 2. The molecule has 2 aromatic rings. The molecule has 0 aliphatic rings. The van der Waals surface area contributed by atoms with Crippen molar-refractivity contribution in [1.82, 2.24) is 4.90 Å². The lowest BCUT2D eigenvalue weighted by Crippen LogP contribution is -2.35. The summed E-state index contributed by atoms with van der Waals surface area (Å²) in [6.07, 6.45) is 1.13. The summed E-state index contributed by atoms with van der Waals surface area (Å²) in [4.78, 5) is 25.8. The summed E-state index contributed by atoms with van der Waals surface area (Å²) in [5, 5.41) is 3.24. The van der Waals surface area contributed by atoms with Gasteiger partial charge in [0.05, 0.1) is 12.3 Å². The maximum Gasteiger partial charge on any atom is 0.254 e. The zero-order chi connectivity index (χ0) is 19.3. The van der Waals surface area contributed by atoms with Crippen molar-refractivity contribution in [3.05, 3.63) is 64.7 Å². The normalized spacial score (nSPS) is 11.0. The van der Waals surface area contributed by atoms with Crippen LogP contribution in [0.3, 0.4) is 0 Å². The van der Waals surface area contributed by atoms with Crippen LogP contribution in [0.5, 0.6) is 0 Å². The number of likely N-dealkylation sites (N-methyl/N-ethyl adjacent to an activating group) is 1. The van der Waals surface area contributed by atoms with Crippen LogP contribution in [-0.2, 0) is 20.4 Å². The van der Waals surface area contributed by atoms with E-state index in [1.54, 1.807) is 42.5 Å². The Morgan fingerprint density at radius 3 is 2.38 bits per heavy atom. The fourth-order valence-electron chi connectivity index (χ4n) is 2.34. The topological polar surface area (TPSA) is 83.6 Å². The number of rotatable bonds is 6. The number of hydrogen-bond donors (Lipinski definition) is 1. The molecule has 2 rings (SSSR count). The van der Waals surface area contributed by atoms with Crippen LogP contribution in [0.15, 0.2) is 48.5 Å². The van der Waals surface area contributed by atoms with Crippen molar-refractivity contribution < 1.29 is 18.0 Å². The summed E-state index contributed by atoms with van der Waals surface area (Å²) < 4.78 is 22.8. The molecule has 138 valence electrons. The van der Waals surface area contributed by atoms with Crippen LogP contribution in [0.4, 0.5) is 5.69 Å². The zero-order valence-electron chi connectivity index (χ0n) is 14.4. The maximum absolute atomic E-state index is 12.5. The summed E-state index contributed by atoms with van der Waals surface area (Å²) in [6.45, 7) is -0.141. The first-order valence-corrected chi connectivity index (χ1v) is 10.2. The van der Waals surface area contributed by atoms with Crippen molar-refractivity contribution in [1.29, 1.82) is 0 Å². The van der Waals surface area contributed by atoms with Gasteiger partial charge in [0.2, 0.25) is 5.91 Å². The number of halogens is 1. The highest BCUT2D eigenvalue weighted by Gasteiger charge is 2.16. The minimum absolute atomic E-state index is 0.141. The first kappa shape index (κ1) is 19.9. The standard InChI is InChI=1S/C18H19ClN2O4S/c1-21(11-17(22)20-16-8-6-15(19)7-9-16)18(23)14-5-3-4-13(10-14)12-26(2,24)25/h3-10H,11-12H2,1-2H3,(H,20,22). The van der Waals surface area contributed by atoms with Crippen LogP contribution in [0.1, 0.15) is 15.9 Å². The van der Waals surface area contributed by atoms with Gasteiger partial charge in [-0.3, -0.25) is 9.59 Å². The van der Waals surface area contributed by atoms with Crippen molar-refractivity contribution in [2.24, 2.45) is 0 Å². The van der Waals surface area contributed by atoms with Gasteiger partial charge in [-0.15, -0.1) is 0 Å². The van der Waals surface area contributed by atoms with E-state index in [0.29, 0.717) is 21.8 Å².